The number of carbonyl (C=O) groups is 2. The molecule has 0 spiro atoms. The predicted octanol–water partition coefficient (Wildman–Crippen LogP) is 3.13. The van der Waals surface area contributed by atoms with E-state index in [1.807, 2.05) is 0 Å². The largest absolute Gasteiger partial charge is 0.342 e. The summed E-state index contributed by atoms with van der Waals surface area (Å²) in [6.07, 6.45) is 0.392. The van der Waals surface area contributed by atoms with Crippen molar-refractivity contribution >= 4 is 17.5 Å². The summed E-state index contributed by atoms with van der Waals surface area (Å²) in [5.74, 6) is -3.59. The molecule has 0 bridgehead atoms. The minimum Gasteiger partial charge on any atom is -0.342 e. The summed E-state index contributed by atoms with van der Waals surface area (Å²) in [5.41, 5.74) is 0.640. The molecular formula is C19H17F3N2O2. The van der Waals surface area contributed by atoms with Gasteiger partial charge in [-0.05, 0) is 30.2 Å². The fourth-order valence-electron chi connectivity index (χ4n) is 2.94. The average Bonchev–Trinajstić information content (AvgIpc) is 2.98. The molecule has 1 fully saturated rings. The normalized spacial score (nSPS) is 16.8. The quantitative estimate of drug-likeness (QED) is 0.888. The van der Waals surface area contributed by atoms with Gasteiger partial charge in [0.2, 0.25) is 11.8 Å². The minimum atomic E-state index is -1.06. The molecule has 1 aliphatic heterocycles. The number of carbonyl (C=O) groups excluding carboxylic acids is 2. The van der Waals surface area contributed by atoms with E-state index in [1.165, 1.54) is 17.0 Å². The van der Waals surface area contributed by atoms with Crippen LogP contribution in [0.25, 0.3) is 0 Å². The van der Waals surface area contributed by atoms with Gasteiger partial charge in [0.1, 0.15) is 5.82 Å². The van der Waals surface area contributed by atoms with Gasteiger partial charge in [0.25, 0.3) is 0 Å². The Kier molecular flexibility index (Phi) is 5.25. The van der Waals surface area contributed by atoms with E-state index in [9.17, 15) is 22.8 Å². The molecule has 1 N–H and O–H groups in total. The summed E-state index contributed by atoms with van der Waals surface area (Å²) in [4.78, 5) is 25.9. The molecule has 4 nitrogen and oxygen atoms in total. The molecular weight excluding hydrogens is 345 g/mol. The summed E-state index contributed by atoms with van der Waals surface area (Å²) >= 11 is 0. The maximum atomic E-state index is 13.6. The summed E-state index contributed by atoms with van der Waals surface area (Å²) in [6.45, 7) is 0.525. The maximum absolute atomic E-state index is 13.6. The molecule has 7 heteroatoms. The highest BCUT2D eigenvalue weighted by atomic mass is 19.2. The standard InChI is InChI=1S/C19H17F3N2O2/c20-15-4-2-1-3-12(15)7-8-24-11-13(9-18(24)25)19(26)23-14-5-6-16(21)17(22)10-14/h1-6,10,13H,7-9,11H2,(H,23,26). The van der Waals surface area contributed by atoms with E-state index in [4.69, 9.17) is 0 Å². The smallest absolute Gasteiger partial charge is 0.229 e. The SMILES string of the molecule is O=C(Nc1ccc(F)c(F)c1)C1CC(=O)N(CCc2ccccc2F)C1. The zero-order chi connectivity index (χ0) is 18.7. The molecule has 0 aromatic heterocycles. The van der Waals surface area contributed by atoms with Crippen LogP contribution in [-0.2, 0) is 16.0 Å². The second-order valence-electron chi connectivity index (χ2n) is 6.20. The highest BCUT2D eigenvalue weighted by Gasteiger charge is 2.34. The first-order chi connectivity index (χ1) is 12.4. The van der Waals surface area contributed by atoms with Crippen LogP contribution in [0.5, 0.6) is 0 Å². The molecule has 136 valence electrons. The van der Waals surface area contributed by atoms with E-state index < -0.39 is 23.5 Å². The summed E-state index contributed by atoms with van der Waals surface area (Å²) in [6, 6.07) is 9.40. The van der Waals surface area contributed by atoms with Crippen LogP contribution in [0.2, 0.25) is 0 Å². The number of anilines is 1. The zero-order valence-electron chi connectivity index (χ0n) is 13.8. The lowest BCUT2D eigenvalue weighted by atomic mass is 10.1. The number of likely N-dealkylation sites (tertiary alicyclic amines) is 1. The fourth-order valence-corrected chi connectivity index (χ4v) is 2.94. The number of rotatable bonds is 5. The zero-order valence-corrected chi connectivity index (χ0v) is 13.8. The lowest BCUT2D eigenvalue weighted by Gasteiger charge is -2.17. The van der Waals surface area contributed by atoms with Crippen molar-refractivity contribution in [1.82, 2.24) is 4.90 Å². The van der Waals surface area contributed by atoms with E-state index in [0.717, 1.165) is 12.1 Å². The van der Waals surface area contributed by atoms with Crippen LogP contribution in [0.1, 0.15) is 12.0 Å². The Labute approximate surface area is 148 Å². The third kappa shape index (κ3) is 4.04. The van der Waals surface area contributed by atoms with Crippen molar-refractivity contribution in [2.75, 3.05) is 18.4 Å². The van der Waals surface area contributed by atoms with Gasteiger partial charge in [0, 0.05) is 31.3 Å². The average molecular weight is 362 g/mol. The van der Waals surface area contributed by atoms with Gasteiger partial charge in [-0.25, -0.2) is 13.2 Å². The summed E-state index contributed by atoms with van der Waals surface area (Å²) in [7, 11) is 0. The molecule has 0 aliphatic carbocycles. The van der Waals surface area contributed by atoms with Gasteiger partial charge in [-0.15, -0.1) is 0 Å². The second kappa shape index (κ2) is 7.59. The number of nitrogens with zero attached hydrogens (tertiary/aromatic N) is 1. The van der Waals surface area contributed by atoms with E-state index in [1.54, 1.807) is 18.2 Å². The molecule has 3 rings (SSSR count). The number of hydrogen-bond donors (Lipinski definition) is 1. The molecule has 0 saturated carbocycles. The number of benzene rings is 2. The highest BCUT2D eigenvalue weighted by molar-refractivity contribution is 5.97. The number of hydrogen-bond acceptors (Lipinski definition) is 2. The number of nitrogens with one attached hydrogen (secondary N) is 1. The van der Waals surface area contributed by atoms with Crippen LogP contribution >= 0.6 is 0 Å². The van der Waals surface area contributed by atoms with Gasteiger partial charge in [-0.1, -0.05) is 18.2 Å². The van der Waals surface area contributed by atoms with E-state index in [-0.39, 0.29) is 30.4 Å². The third-order valence-electron chi connectivity index (χ3n) is 4.38. The van der Waals surface area contributed by atoms with Crippen LogP contribution in [-0.4, -0.2) is 29.8 Å². The van der Waals surface area contributed by atoms with Gasteiger partial charge in [0.05, 0.1) is 5.92 Å². The first-order valence-electron chi connectivity index (χ1n) is 8.21. The second-order valence-corrected chi connectivity index (χ2v) is 6.20. The topological polar surface area (TPSA) is 49.4 Å². The Balaban J connectivity index is 1.57. The van der Waals surface area contributed by atoms with Gasteiger partial charge >= 0.3 is 0 Å². The molecule has 1 heterocycles. The minimum absolute atomic E-state index is 0.0345. The van der Waals surface area contributed by atoms with Crippen LogP contribution in [0.4, 0.5) is 18.9 Å². The first kappa shape index (κ1) is 18.0. The van der Waals surface area contributed by atoms with E-state index in [2.05, 4.69) is 5.32 Å². The van der Waals surface area contributed by atoms with Gasteiger partial charge < -0.3 is 10.2 Å². The van der Waals surface area contributed by atoms with Gasteiger partial charge in [0.15, 0.2) is 11.6 Å². The van der Waals surface area contributed by atoms with Crippen molar-refractivity contribution in [2.24, 2.45) is 5.92 Å². The third-order valence-corrected chi connectivity index (χ3v) is 4.38. The van der Waals surface area contributed by atoms with Crippen LogP contribution < -0.4 is 5.32 Å². The van der Waals surface area contributed by atoms with Crippen molar-refractivity contribution in [3.8, 4) is 0 Å². The molecule has 0 radical (unpaired) electrons. The molecule has 26 heavy (non-hydrogen) atoms. The maximum Gasteiger partial charge on any atom is 0.229 e. The van der Waals surface area contributed by atoms with Crippen molar-refractivity contribution in [3.63, 3.8) is 0 Å². The Bertz CT molecular complexity index is 841. The number of amides is 2. The summed E-state index contributed by atoms with van der Waals surface area (Å²) < 4.78 is 39.8. The highest BCUT2D eigenvalue weighted by Crippen LogP contribution is 2.21. The lowest BCUT2D eigenvalue weighted by Crippen LogP contribution is -2.30. The fraction of sp³-hybridized carbons (Fsp3) is 0.263. The van der Waals surface area contributed by atoms with E-state index in [0.29, 0.717) is 18.5 Å². The van der Waals surface area contributed by atoms with Crippen molar-refractivity contribution in [1.29, 1.82) is 0 Å². The monoisotopic (exact) mass is 362 g/mol. The Morgan fingerprint density at radius 3 is 2.58 bits per heavy atom. The molecule has 2 aromatic rings. The summed E-state index contributed by atoms with van der Waals surface area (Å²) in [5, 5.41) is 2.49. The first-order valence-corrected chi connectivity index (χ1v) is 8.21. The molecule has 1 saturated heterocycles. The van der Waals surface area contributed by atoms with Crippen molar-refractivity contribution in [2.45, 2.75) is 12.8 Å². The van der Waals surface area contributed by atoms with E-state index >= 15 is 0 Å². The Morgan fingerprint density at radius 2 is 1.85 bits per heavy atom. The van der Waals surface area contributed by atoms with Crippen molar-refractivity contribution in [3.05, 3.63) is 65.5 Å². The molecule has 2 amide bonds. The molecule has 1 atom stereocenters. The Morgan fingerprint density at radius 1 is 1.08 bits per heavy atom. The molecule has 2 aromatic carbocycles. The van der Waals surface area contributed by atoms with Crippen LogP contribution in [0, 0.1) is 23.4 Å². The van der Waals surface area contributed by atoms with Gasteiger partial charge in [-0.3, -0.25) is 9.59 Å². The molecule has 1 aliphatic rings. The van der Waals surface area contributed by atoms with Crippen LogP contribution in [0.15, 0.2) is 42.5 Å². The Hall–Kier alpha value is -2.83. The molecule has 1 unspecified atom stereocenters. The number of halogens is 3. The lowest BCUT2D eigenvalue weighted by molar-refractivity contribution is -0.128. The van der Waals surface area contributed by atoms with Crippen LogP contribution in [0.3, 0.4) is 0 Å². The van der Waals surface area contributed by atoms with Gasteiger partial charge in [-0.2, -0.15) is 0 Å². The predicted molar refractivity (Wildman–Crippen MR) is 89.8 cm³/mol. The van der Waals surface area contributed by atoms with Crippen molar-refractivity contribution < 1.29 is 22.8 Å².